The second kappa shape index (κ2) is 6.20. The van der Waals surface area contributed by atoms with Gasteiger partial charge in [0.1, 0.15) is 5.82 Å². The van der Waals surface area contributed by atoms with Crippen molar-refractivity contribution >= 4 is 22.5 Å². The zero-order valence-electron chi connectivity index (χ0n) is 13.0. The van der Waals surface area contributed by atoms with Crippen molar-refractivity contribution in [3.63, 3.8) is 0 Å². The summed E-state index contributed by atoms with van der Waals surface area (Å²) in [5, 5.41) is 12.4. The van der Waals surface area contributed by atoms with E-state index in [0.717, 1.165) is 23.3 Å². The molecule has 0 saturated heterocycles. The summed E-state index contributed by atoms with van der Waals surface area (Å²) in [6.45, 7) is 4.66. The normalized spacial score (nSPS) is 14.3. The van der Waals surface area contributed by atoms with E-state index in [1.165, 1.54) is 29.2 Å². The first-order valence-electron chi connectivity index (χ1n) is 8.00. The lowest BCUT2D eigenvalue weighted by molar-refractivity contribution is 0.681. The van der Waals surface area contributed by atoms with Gasteiger partial charge in [0, 0.05) is 18.2 Å². The summed E-state index contributed by atoms with van der Waals surface area (Å²) in [5.74, 6) is 2.64. The van der Waals surface area contributed by atoms with E-state index in [0.29, 0.717) is 5.92 Å². The van der Waals surface area contributed by atoms with Crippen LogP contribution in [0.2, 0.25) is 0 Å². The van der Waals surface area contributed by atoms with E-state index in [4.69, 9.17) is 0 Å². The van der Waals surface area contributed by atoms with Crippen molar-refractivity contribution in [2.45, 2.75) is 36.2 Å². The van der Waals surface area contributed by atoms with Gasteiger partial charge in [-0.15, -0.1) is 16.8 Å². The van der Waals surface area contributed by atoms with Crippen molar-refractivity contribution in [3.05, 3.63) is 66.5 Å². The lowest BCUT2D eigenvalue weighted by Gasteiger charge is -2.08. The Bertz CT molecular complexity index is 843. The molecular weight excluding hydrogens is 302 g/mol. The minimum Gasteiger partial charge on any atom is -0.302 e. The van der Waals surface area contributed by atoms with Gasteiger partial charge in [-0.1, -0.05) is 60.3 Å². The molecule has 0 aliphatic heterocycles. The maximum absolute atomic E-state index is 4.42. The average molecular weight is 321 g/mol. The lowest BCUT2D eigenvalue weighted by Crippen LogP contribution is -2.02. The Labute approximate surface area is 140 Å². The second-order valence-corrected chi connectivity index (χ2v) is 6.88. The van der Waals surface area contributed by atoms with E-state index in [-0.39, 0.29) is 0 Å². The molecule has 116 valence electrons. The lowest BCUT2D eigenvalue weighted by atomic mass is 10.1. The number of nitrogens with zero attached hydrogens (tertiary/aromatic N) is 3. The van der Waals surface area contributed by atoms with Crippen LogP contribution in [0.5, 0.6) is 0 Å². The molecular formula is C19H19N3S. The van der Waals surface area contributed by atoms with E-state index in [2.05, 4.69) is 63.8 Å². The van der Waals surface area contributed by atoms with Gasteiger partial charge in [0.15, 0.2) is 5.16 Å². The minimum absolute atomic E-state index is 0.606. The first kappa shape index (κ1) is 14.5. The molecule has 0 unspecified atom stereocenters. The molecule has 4 heteroatoms. The van der Waals surface area contributed by atoms with Gasteiger partial charge in [-0.25, -0.2) is 0 Å². The van der Waals surface area contributed by atoms with Crippen molar-refractivity contribution in [1.29, 1.82) is 0 Å². The molecule has 4 rings (SSSR count). The fraction of sp³-hybridized carbons (Fsp3) is 0.263. The topological polar surface area (TPSA) is 30.7 Å². The molecule has 23 heavy (non-hydrogen) atoms. The van der Waals surface area contributed by atoms with Crippen molar-refractivity contribution < 1.29 is 0 Å². The highest BCUT2D eigenvalue weighted by Gasteiger charge is 2.30. The number of thioether (sulfide) groups is 1. The Morgan fingerprint density at radius 2 is 1.96 bits per heavy atom. The number of hydrogen-bond acceptors (Lipinski definition) is 3. The van der Waals surface area contributed by atoms with E-state index >= 15 is 0 Å². The number of fused-ring (bicyclic) bond motifs is 1. The third-order valence-corrected chi connectivity index (χ3v) is 5.25. The molecule has 1 saturated carbocycles. The molecule has 1 aromatic heterocycles. The van der Waals surface area contributed by atoms with Crippen molar-refractivity contribution in [2.24, 2.45) is 0 Å². The van der Waals surface area contributed by atoms with Crippen LogP contribution in [-0.2, 0) is 12.3 Å². The summed E-state index contributed by atoms with van der Waals surface area (Å²) in [6, 6.07) is 15.0. The predicted molar refractivity (Wildman–Crippen MR) is 95.7 cm³/mol. The van der Waals surface area contributed by atoms with Gasteiger partial charge in [0.2, 0.25) is 0 Å². The van der Waals surface area contributed by atoms with Crippen LogP contribution in [0.15, 0.2) is 60.3 Å². The summed E-state index contributed by atoms with van der Waals surface area (Å²) in [6.07, 6.45) is 4.41. The summed E-state index contributed by atoms with van der Waals surface area (Å²) in [4.78, 5) is 0. The third-order valence-electron chi connectivity index (χ3n) is 4.24. The number of allylic oxidation sites excluding steroid dienone is 1. The van der Waals surface area contributed by atoms with Crippen LogP contribution in [-0.4, -0.2) is 14.8 Å². The zero-order chi connectivity index (χ0) is 15.6. The Kier molecular flexibility index (Phi) is 3.92. The maximum Gasteiger partial charge on any atom is 0.191 e. The number of rotatable bonds is 6. The van der Waals surface area contributed by atoms with Crippen LogP contribution >= 0.6 is 11.8 Å². The average Bonchev–Trinajstić information content (AvgIpc) is 3.36. The van der Waals surface area contributed by atoms with Crippen LogP contribution in [0.1, 0.15) is 30.1 Å². The second-order valence-electron chi connectivity index (χ2n) is 5.94. The van der Waals surface area contributed by atoms with Crippen LogP contribution in [0.25, 0.3) is 10.8 Å². The van der Waals surface area contributed by atoms with Gasteiger partial charge < -0.3 is 4.57 Å². The minimum atomic E-state index is 0.606. The van der Waals surface area contributed by atoms with Gasteiger partial charge in [0.05, 0.1) is 0 Å². The number of aromatic nitrogens is 3. The van der Waals surface area contributed by atoms with Gasteiger partial charge in [-0.3, -0.25) is 0 Å². The summed E-state index contributed by atoms with van der Waals surface area (Å²) >= 11 is 1.76. The summed E-state index contributed by atoms with van der Waals surface area (Å²) < 4.78 is 2.22. The molecule has 0 amide bonds. The molecule has 1 aliphatic rings. The quantitative estimate of drug-likeness (QED) is 0.483. The van der Waals surface area contributed by atoms with Gasteiger partial charge in [-0.2, -0.15) is 0 Å². The molecule has 0 radical (unpaired) electrons. The van der Waals surface area contributed by atoms with Crippen LogP contribution < -0.4 is 0 Å². The molecule has 1 aliphatic carbocycles. The van der Waals surface area contributed by atoms with Gasteiger partial charge >= 0.3 is 0 Å². The Morgan fingerprint density at radius 1 is 1.13 bits per heavy atom. The van der Waals surface area contributed by atoms with Crippen molar-refractivity contribution in [1.82, 2.24) is 14.8 Å². The molecule has 0 bridgehead atoms. The smallest absolute Gasteiger partial charge is 0.191 e. The molecule has 1 heterocycles. The zero-order valence-corrected chi connectivity index (χ0v) is 13.8. The number of hydrogen-bond donors (Lipinski definition) is 0. The van der Waals surface area contributed by atoms with E-state index in [1.54, 1.807) is 11.8 Å². The summed E-state index contributed by atoms with van der Waals surface area (Å²) in [5.41, 5.74) is 1.34. The molecule has 0 N–H and O–H groups in total. The fourth-order valence-electron chi connectivity index (χ4n) is 2.91. The fourth-order valence-corrected chi connectivity index (χ4v) is 3.87. The highest BCUT2D eigenvalue weighted by atomic mass is 32.2. The maximum atomic E-state index is 4.42. The Balaban J connectivity index is 1.60. The highest BCUT2D eigenvalue weighted by molar-refractivity contribution is 7.98. The third kappa shape index (κ3) is 2.91. The Morgan fingerprint density at radius 3 is 2.78 bits per heavy atom. The molecule has 2 aromatic carbocycles. The largest absolute Gasteiger partial charge is 0.302 e. The molecule has 3 aromatic rings. The highest BCUT2D eigenvalue weighted by Crippen LogP contribution is 2.40. The number of benzene rings is 2. The Hall–Kier alpha value is -2.07. The molecule has 0 spiro atoms. The van der Waals surface area contributed by atoms with E-state index in [9.17, 15) is 0 Å². The van der Waals surface area contributed by atoms with Gasteiger partial charge in [-0.05, 0) is 29.2 Å². The summed E-state index contributed by atoms with van der Waals surface area (Å²) in [7, 11) is 0. The van der Waals surface area contributed by atoms with Crippen LogP contribution in [0, 0.1) is 0 Å². The van der Waals surface area contributed by atoms with Crippen molar-refractivity contribution in [3.8, 4) is 0 Å². The van der Waals surface area contributed by atoms with E-state index < -0.39 is 0 Å². The molecule has 0 atom stereocenters. The first-order valence-corrected chi connectivity index (χ1v) is 8.99. The van der Waals surface area contributed by atoms with Crippen LogP contribution in [0.3, 0.4) is 0 Å². The SMILES string of the molecule is C=CCn1c(SCc2cccc3ccccc23)nnc1C1CC1. The first-order chi connectivity index (χ1) is 11.4. The van der Waals surface area contributed by atoms with Crippen molar-refractivity contribution in [2.75, 3.05) is 0 Å². The van der Waals surface area contributed by atoms with Gasteiger partial charge in [0.25, 0.3) is 0 Å². The van der Waals surface area contributed by atoms with E-state index in [1.807, 2.05) is 6.08 Å². The van der Waals surface area contributed by atoms with Crippen LogP contribution in [0.4, 0.5) is 0 Å². The molecule has 3 nitrogen and oxygen atoms in total. The molecule has 1 fully saturated rings. The monoisotopic (exact) mass is 321 g/mol. The standard InChI is InChI=1S/C19H19N3S/c1-2-12-22-18(15-10-11-15)20-21-19(22)23-13-16-8-5-7-14-6-3-4-9-17(14)16/h2-9,15H,1,10-13H2. The predicted octanol–water partition coefficient (Wildman–Crippen LogP) is 4.79.